The first-order valence-electron chi connectivity index (χ1n) is 13.0. The van der Waals surface area contributed by atoms with Crippen LogP contribution in [0.4, 0.5) is 0 Å². The number of nitrogens with zero attached hydrogens (tertiary/aromatic N) is 5. The minimum atomic E-state index is 0.480. The first-order chi connectivity index (χ1) is 17.2. The second kappa shape index (κ2) is 9.55. The van der Waals surface area contributed by atoms with Gasteiger partial charge in [0.2, 0.25) is 0 Å². The number of hydrogen-bond acceptors (Lipinski definition) is 5. The fourth-order valence-electron chi connectivity index (χ4n) is 5.72. The molecule has 6 heterocycles. The zero-order valence-corrected chi connectivity index (χ0v) is 20.7. The molecule has 0 saturated carbocycles. The van der Waals surface area contributed by atoms with Gasteiger partial charge >= 0.3 is 0 Å². The Bertz CT molecular complexity index is 1310. The van der Waals surface area contributed by atoms with Crippen molar-refractivity contribution in [2.45, 2.75) is 51.5 Å². The van der Waals surface area contributed by atoms with Crippen LogP contribution in [0.2, 0.25) is 0 Å². The molecular weight excluding hydrogens is 436 g/mol. The topological polar surface area (TPSA) is 71.9 Å². The van der Waals surface area contributed by atoms with E-state index in [0.29, 0.717) is 12.0 Å². The molecule has 0 amide bonds. The number of aromatic nitrogens is 5. The van der Waals surface area contributed by atoms with E-state index in [9.17, 15) is 0 Å². The highest BCUT2D eigenvalue weighted by atomic mass is 16.5. The molecule has 2 fully saturated rings. The zero-order chi connectivity index (χ0) is 23.8. The van der Waals surface area contributed by atoms with E-state index in [1.807, 2.05) is 18.6 Å². The van der Waals surface area contributed by atoms with Crippen LogP contribution in [0, 0.1) is 6.92 Å². The van der Waals surface area contributed by atoms with E-state index >= 15 is 0 Å². The zero-order valence-electron chi connectivity index (χ0n) is 20.7. The molecule has 4 aromatic heterocycles. The number of pyridine rings is 2. The Hall–Kier alpha value is -3.03. The second-order valence-electron chi connectivity index (χ2n) is 10.0. The lowest BCUT2D eigenvalue weighted by atomic mass is 9.92. The third-order valence-electron chi connectivity index (χ3n) is 7.88. The number of likely N-dealkylation sites (tertiary alicyclic amines) is 1. The third kappa shape index (κ3) is 4.39. The average Bonchev–Trinajstić information content (AvgIpc) is 3.56. The van der Waals surface area contributed by atoms with Gasteiger partial charge in [-0.25, -0.2) is 4.98 Å². The first kappa shape index (κ1) is 22.4. The van der Waals surface area contributed by atoms with E-state index < -0.39 is 0 Å². The summed E-state index contributed by atoms with van der Waals surface area (Å²) in [4.78, 5) is 15.5. The van der Waals surface area contributed by atoms with Gasteiger partial charge in [0.15, 0.2) is 0 Å². The van der Waals surface area contributed by atoms with Crippen LogP contribution in [0.1, 0.15) is 55.8 Å². The monoisotopic (exact) mass is 470 g/mol. The highest BCUT2D eigenvalue weighted by molar-refractivity contribution is 5.95. The smallest absolute Gasteiger partial charge is 0.137 e. The van der Waals surface area contributed by atoms with Crippen molar-refractivity contribution in [3.8, 4) is 22.3 Å². The standard InChI is InChI=1S/C28H34N6O/c1-3-33-8-4-24(5-9-33)34-18-23(16-32-34)26-17-31-28-25(26)13-22(15-30-28)21-12-19(2)27(29-14-21)20-6-10-35-11-7-20/h12-18,20,24H,3-11H2,1-2H3,(H,30,31). The minimum absolute atomic E-state index is 0.480. The normalized spacial score (nSPS) is 18.5. The Morgan fingerprint density at radius 1 is 0.971 bits per heavy atom. The molecule has 0 bridgehead atoms. The molecule has 7 heteroatoms. The van der Waals surface area contributed by atoms with Gasteiger partial charge in [-0.3, -0.25) is 9.67 Å². The molecule has 182 valence electrons. The van der Waals surface area contributed by atoms with Gasteiger partial charge in [0.1, 0.15) is 5.65 Å². The Labute approximate surface area is 206 Å². The summed E-state index contributed by atoms with van der Waals surface area (Å²) in [7, 11) is 0. The quantitative estimate of drug-likeness (QED) is 0.426. The van der Waals surface area contributed by atoms with Crippen LogP contribution in [0.3, 0.4) is 0 Å². The summed E-state index contributed by atoms with van der Waals surface area (Å²) >= 11 is 0. The van der Waals surface area contributed by atoms with E-state index in [1.54, 1.807) is 0 Å². The Balaban J connectivity index is 1.27. The van der Waals surface area contributed by atoms with Crippen LogP contribution < -0.4 is 0 Å². The van der Waals surface area contributed by atoms with Gasteiger partial charge in [-0.05, 0) is 56.8 Å². The Morgan fingerprint density at radius 3 is 2.51 bits per heavy atom. The molecule has 2 saturated heterocycles. The van der Waals surface area contributed by atoms with Crippen molar-refractivity contribution >= 4 is 11.0 Å². The number of rotatable bonds is 5. The van der Waals surface area contributed by atoms with Crippen LogP contribution >= 0.6 is 0 Å². The van der Waals surface area contributed by atoms with Gasteiger partial charge in [-0.1, -0.05) is 6.92 Å². The van der Waals surface area contributed by atoms with Crippen LogP contribution in [-0.4, -0.2) is 62.5 Å². The number of H-pyrrole nitrogens is 1. The highest BCUT2D eigenvalue weighted by Crippen LogP contribution is 2.34. The summed E-state index contributed by atoms with van der Waals surface area (Å²) in [5, 5.41) is 5.86. The van der Waals surface area contributed by atoms with Gasteiger partial charge < -0.3 is 14.6 Å². The van der Waals surface area contributed by atoms with E-state index in [4.69, 9.17) is 19.8 Å². The molecule has 1 N–H and O–H groups in total. The molecule has 2 aliphatic heterocycles. The van der Waals surface area contributed by atoms with Crippen LogP contribution in [0.5, 0.6) is 0 Å². The van der Waals surface area contributed by atoms with Crippen LogP contribution in [-0.2, 0) is 4.74 Å². The maximum absolute atomic E-state index is 5.53. The molecule has 0 radical (unpaired) electrons. The molecule has 35 heavy (non-hydrogen) atoms. The number of aryl methyl sites for hydroxylation is 1. The fraction of sp³-hybridized carbons (Fsp3) is 0.464. The van der Waals surface area contributed by atoms with Crippen molar-refractivity contribution in [1.82, 2.24) is 29.6 Å². The van der Waals surface area contributed by atoms with E-state index in [0.717, 1.165) is 91.8 Å². The number of ether oxygens (including phenoxy) is 1. The molecule has 0 atom stereocenters. The lowest BCUT2D eigenvalue weighted by molar-refractivity contribution is 0.0844. The molecule has 6 rings (SSSR count). The molecule has 7 nitrogen and oxygen atoms in total. The Morgan fingerprint density at radius 2 is 1.74 bits per heavy atom. The summed E-state index contributed by atoms with van der Waals surface area (Å²) in [6.45, 7) is 9.51. The van der Waals surface area contributed by atoms with Crippen molar-refractivity contribution in [1.29, 1.82) is 0 Å². The lowest BCUT2D eigenvalue weighted by Crippen LogP contribution is -2.34. The SMILES string of the molecule is CCN1CCC(n2cc(-c3c[nH]c4ncc(-c5cnc(C6CCOCC6)c(C)c5)cc34)cn2)CC1. The van der Waals surface area contributed by atoms with Gasteiger partial charge in [0.05, 0.1) is 12.2 Å². The summed E-state index contributed by atoms with van der Waals surface area (Å²) < 4.78 is 7.70. The van der Waals surface area contributed by atoms with Crippen molar-refractivity contribution in [2.24, 2.45) is 0 Å². The summed E-state index contributed by atoms with van der Waals surface area (Å²) in [6, 6.07) is 4.97. The van der Waals surface area contributed by atoms with Gasteiger partial charge in [0, 0.05) is 90.3 Å². The number of nitrogens with one attached hydrogen (secondary N) is 1. The maximum Gasteiger partial charge on any atom is 0.137 e. The van der Waals surface area contributed by atoms with Gasteiger partial charge in [-0.2, -0.15) is 5.10 Å². The van der Waals surface area contributed by atoms with Crippen LogP contribution in [0.25, 0.3) is 33.3 Å². The van der Waals surface area contributed by atoms with Crippen molar-refractivity contribution in [3.05, 3.63) is 54.4 Å². The van der Waals surface area contributed by atoms with E-state index in [1.165, 1.54) is 11.3 Å². The summed E-state index contributed by atoms with van der Waals surface area (Å²) in [5.74, 6) is 0.500. The molecule has 4 aromatic rings. The fourth-order valence-corrected chi connectivity index (χ4v) is 5.72. The largest absolute Gasteiger partial charge is 0.381 e. The van der Waals surface area contributed by atoms with Crippen molar-refractivity contribution < 1.29 is 4.74 Å². The number of hydrogen-bond donors (Lipinski definition) is 1. The number of aromatic amines is 1. The van der Waals surface area contributed by atoms with Gasteiger partial charge in [0.25, 0.3) is 0 Å². The predicted molar refractivity (Wildman–Crippen MR) is 138 cm³/mol. The Kier molecular flexibility index (Phi) is 6.12. The average molecular weight is 471 g/mol. The highest BCUT2D eigenvalue weighted by Gasteiger charge is 2.22. The molecular formula is C28H34N6O. The third-order valence-corrected chi connectivity index (χ3v) is 7.88. The molecule has 2 aliphatic rings. The van der Waals surface area contributed by atoms with Crippen molar-refractivity contribution in [2.75, 3.05) is 32.8 Å². The van der Waals surface area contributed by atoms with E-state index in [2.05, 4.69) is 52.9 Å². The summed E-state index contributed by atoms with van der Waals surface area (Å²) in [5.41, 5.74) is 7.85. The number of fused-ring (bicyclic) bond motifs is 1. The maximum atomic E-state index is 5.53. The van der Waals surface area contributed by atoms with Gasteiger partial charge in [-0.15, -0.1) is 0 Å². The summed E-state index contributed by atoms with van der Waals surface area (Å²) in [6.07, 6.45) is 14.6. The van der Waals surface area contributed by atoms with Crippen molar-refractivity contribution in [3.63, 3.8) is 0 Å². The molecule has 0 unspecified atom stereocenters. The van der Waals surface area contributed by atoms with Crippen LogP contribution in [0.15, 0.2) is 43.1 Å². The molecule has 0 aliphatic carbocycles. The lowest BCUT2D eigenvalue weighted by Gasteiger charge is -2.31. The number of piperidine rings is 1. The van der Waals surface area contributed by atoms with E-state index in [-0.39, 0.29) is 0 Å². The second-order valence-corrected chi connectivity index (χ2v) is 10.0. The molecule has 0 aromatic carbocycles. The first-order valence-corrected chi connectivity index (χ1v) is 13.0. The molecule has 0 spiro atoms. The predicted octanol–water partition coefficient (Wildman–Crippen LogP) is 5.35. The minimum Gasteiger partial charge on any atom is -0.381 e.